The van der Waals surface area contributed by atoms with Crippen molar-refractivity contribution in [3.05, 3.63) is 29.8 Å². The smallest absolute Gasteiger partial charge is 0.313 e. The quantitative estimate of drug-likeness (QED) is 0.810. The van der Waals surface area contributed by atoms with Crippen molar-refractivity contribution < 1.29 is 9.59 Å². The summed E-state index contributed by atoms with van der Waals surface area (Å²) in [4.78, 5) is 27.9. The van der Waals surface area contributed by atoms with Gasteiger partial charge in [-0.3, -0.25) is 9.59 Å². The lowest BCUT2D eigenvalue weighted by atomic mass is 10.2. The van der Waals surface area contributed by atoms with Crippen molar-refractivity contribution in [2.75, 3.05) is 38.0 Å². The molecule has 0 atom stereocenters. The Bertz CT molecular complexity index is 571. The summed E-state index contributed by atoms with van der Waals surface area (Å²) in [5, 5.41) is 11.5. The largest absolute Gasteiger partial charge is 0.332 e. The van der Waals surface area contributed by atoms with Crippen molar-refractivity contribution in [3.8, 4) is 6.07 Å². The maximum atomic E-state index is 12.1. The summed E-state index contributed by atoms with van der Waals surface area (Å²) < 4.78 is 0. The number of para-hydroxylation sites is 1. The molecule has 21 heavy (non-hydrogen) atoms. The van der Waals surface area contributed by atoms with Gasteiger partial charge in [-0.2, -0.15) is 5.26 Å². The van der Waals surface area contributed by atoms with E-state index >= 15 is 0 Å². The first-order valence-corrected chi connectivity index (χ1v) is 6.97. The first-order valence-electron chi connectivity index (χ1n) is 6.97. The Balaban J connectivity index is 1.97. The average Bonchev–Trinajstić information content (AvgIpc) is 2.54. The van der Waals surface area contributed by atoms with Crippen molar-refractivity contribution in [2.24, 2.45) is 0 Å². The minimum atomic E-state index is -0.692. The standard InChI is InChI=1S/C15H18N4O2/c1-2-18-7-9-19(10-8-18)15(21)14(20)17-13-6-4-3-5-12(13)11-16/h3-6H,2,7-10H2,1H3,(H,17,20). The molecule has 2 rings (SSSR count). The zero-order valence-electron chi connectivity index (χ0n) is 12.0. The highest BCUT2D eigenvalue weighted by Gasteiger charge is 2.25. The zero-order chi connectivity index (χ0) is 15.2. The van der Waals surface area contributed by atoms with E-state index in [0.29, 0.717) is 24.3 Å². The molecule has 1 fully saturated rings. The number of nitrogens with zero attached hydrogens (tertiary/aromatic N) is 3. The van der Waals surface area contributed by atoms with Crippen LogP contribution in [0.3, 0.4) is 0 Å². The van der Waals surface area contributed by atoms with E-state index in [9.17, 15) is 9.59 Å². The number of rotatable bonds is 2. The normalized spacial score (nSPS) is 15.3. The molecule has 0 aliphatic carbocycles. The third-order valence-corrected chi connectivity index (χ3v) is 3.60. The van der Waals surface area contributed by atoms with Gasteiger partial charge in [0.25, 0.3) is 0 Å². The Kier molecular flexibility index (Phi) is 4.90. The summed E-state index contributed by atoms with van der Waals surface area (Å²) in [6, 6.07) is 8.61. The van der Waals surface area contributed by atoms with Gasteiger partial charge >= 0.3 is 11.8 Å². The van der Waals surface area contributed by atoms with E-state index in [-0.39, 0.29) is 0 Å². The molecule has 0 radical (unpaired) electrons. The molecule has 0 spiro atoms. The van der Waals surface area contributed by atoms with Gasteiger partial charge in [0.2, 0.25) is 0 Å². The maximum Gasteiger partial charge on any atom is 0.313 e. The van der Waals surface area contributed by atoms with Crippen LogP contribution in [0.15, 0.2) is 24.3 Å². The minimum absolute atomic E-state index is 0.342. The summed E-state index contributed by atoms with van der Waals surface area (Å²) in [7, 11) is 0. The Morgan fingerprint density at radius 2 is 1.90 bits per heavy atom. The number of carbonyl (C=O) groups excluding carboxylic acids is 2. The number of amides is 2. The molecule has 1 saturated heterocycles. The third kappa shape index (κ3) is 3.58. The second kappa shape index (κ2) is 6.86. The molecule has 2 amide bonds. The molecule has 1 aromatic carbocycles. The lowest BCUT2D eigenvalue weighted by molar-refractivity contribution is -0.144. The van der Waals surface area contributed by atoms with Gasteiger partial charge in [-0.25, -0.2) is 0 Å². The van der Waals surface area contributed by atoms with E-state index < -0.39 is 11.8 Å². The summed E-state index contributed by atoms with van der Waals surface area (Å²) >= 11 is 0. The molecule has 6 nitrogen and oxygen atoms in total. The molecule has 0 bridgehead atoms. The summed E-state index contributed by atoms with van der Waals surface area (Å²) in [6.07, 6.45) is 0. The number of likely N-dealkylation sites (N-methyl/N-ethyl adjacent to an activating group) is 1. The average molecular weight is 286 g/mol. The maximum absolute atomic E-state index is 12.1. The zero-order valence-corrected chi connectivity index (χ0v) is 12.0. The monoisotopic (exact) mass is 286 g/mol. The fourth-order valence-corrected chi connectivity index (χ4v) is 2.28. The number of hydrogen-bond acceptors (Lipinski definition) is 4. The van der Waals surface area contributed by atoms with Crippen molar-refractivity contribution in [2.45, 2.75) is 6.92 Å². The predicted octanol–water partition coefficient (Wildman–Crippen LogP) is 0.661. The molecule has 1 N–H and O–H groups in total. The molecule has 1 aliphatic rings. The molecule has 110 valence electrons. The van der Waals surface area contributed by atoms with Crippen LogP contribution in [0.1, 0.15) is 12.5 Å². The molecule has 1 heterocycles. The van der Waals surface area contributed by atoms with E-state index in [1.807, 2.05) is 6.07 Å². The van der Waals surface area contributed by atoms with Crippen LogP contribution >= 0.6 is 0 Å². The highest BCUT2D eigenvalue weighted by Crippen LogP contribution is 2.13. The Morgan fingerprint density at radius 3 is 2.52 bits per heavy atom. The number of nitriles is 1. The molecule has 0 saturated carbocycles. The molecule has 6 heteroatoms. The van der Waals surface area contributed by atoms with Gasteiger partial charge in [-0.05, 0) is 18.7 Å². The lowest BCUT2D eigenvalue weighted by Crippen LogP contribution is -2.51. The van der Waals surface area contributed by atoms with Crippen LogP contribution < -0.4 is 5.32 Å². The van der Waals surface area contributed by atoms with Crippen molar-refractivity contribution in [1.82, 2.24) is 9.80 Å². The molecular weight excluding hydrogens is 268 g/mol. The van der Waals surface area contributed by atoms with Crippen LogP contribution in [0, 0.1) is 11.3 Å². The van der Waals surface area contributed by atoms with E-state index in [0.717, 1.165) is 19.6 Å². The molecule has 0 unspecified atom stereocenters. The SMILES string of the molecule is CCN1CCN(C(=O)C(=O)Nc2ccccc2C#N)CC1. The predicted molar refractivity (Wildman–Crippen MR) is 78.5 cm³/mol. The molecule has 0 aromatic heterocycles. The lowest BCUT2D eigenvalue weighted by Gasteiger charge is -2.33. The fourth-order valence-electron chi connectivity index (χ4n) is 2.28. The van der Waals surface area contributed by atoms with Crippen LogP contribution in [0.5, 0.6) is 0 Å². The van der Waals surface area contributed by atoms with E-state index in [2.05, 4.69) is 17.1 Å². The molecular formula is C15H18N4O2. The van der Waals surface area contributed by atoms with Crippen molar-refractivity contribution in [1.29, 1.82) is 5.26 Å². The Hall–Kier alpha value is -2.39. The van der Waals surface area contributed by atoms with Crippen molar-refractivity contribution >= 4 is 17.5 Å². The topological polar surface area (TPSA) is 76.4 Å². The second-order valence-corrected chi connectivity index (χ2v) is 4.84. The van der Waals surface area contributed by atoms with Gasteiger partial charge in [0.1, 0.15) is 6.07 Å². The van der Waals surface area contributed by atoms with Crippen LogP contribution in [-0.4, -0.2) is 54.3 Å². The first-order chi connectivity index (χ1) is 10.2. The Morgan fingerprint density at radius 1 is 1.24 bits per heavy atom. The van der Waals surface area contributed by atoms with E-state index in [4.69, 9.17) is 5.26 Å². The van der Waals surface area contributed by atoms with Crippen LogP contribution in [0.2, 0.25) is 0 Å². The summed E-state index contributed by atoms with van der Waals surface area (Å²) in [6.45, 7) is 5.70. The number of piperazine rings is 1. The number of benzene rings is 1. The van der Waals surface area contributed by atoms with Crippen molar-refractivity contribution in [3.63, 3.8) is 0 Å². The van der Waals surface area contributed by atoms with Crippen LogP contribution in [0.25, 0.3) is 0 Å². The fraction of sp³-hybridized carbons (Fsp3) is 0.400. The first kappa shape index (κ1) is 15.0. The van der Waals surface area contributed by atoms with Crippen LogP contribution in [-0.2, 0) is 9.59 Å². The molecule has 1 aromatic rings. The highest BCUT2D eigenvalue weighted by molar-refractivity contribution is 6.39. The van der Waals surface area contributed by atoms with Gasteiger partial charge in [-0.15, -0.1) is 0 Å². The third-order valence-electron chi connectivity index (χ3n) is 3.60. The highest BCUT2D eigenvalue weighted by atomic mass is 16.2. The number of hydrogen-bond donors (Lipinski definition) is 1. The van der Waals surface area contributed by atoms with E-state index in [1.54, 1.807) is 29.2 Å². The summed E-state index contributed by atoms with van der Waals surface area (Å²) in [5.74, 6) is -1.24. The summed E-state index contributed by atoms with van der Waals surface area (Å²) in [5.41, 5.74) is 0.708. The number of carbonyl (C=O) groups is 2. The van der Waals surface area contributed by atoms with Gasteiger partial charge in [0.05, 0.1) is 11.3 Å². The number of anilines is 1. The van der Waals surface area contributed by atoms with E-state index in [1.165, 1.54) is 0 Å². The van der Waals surface area contributed by atoms with Gasteiger partial charge < -0.3 is 15.1 Å². The number of nitrogens with one attached hydrogen (secondary N) is 1. The van der Waals surface area contributed by atoms with Gasteiger partial charge in [-0.1, -0.05) is 19.1 Å². The van der Waals surface area contributed by atoms with Gasteiger partial charge in [0.15, 0.2) is 0 Å². The minimum Gasteiger partial charge on any atom is -0.332 e. The second-order valence-electron chi connectivity index (χ2n) is 4.84. The Labute approximate surface area is 123 Å². The van der Waals surface area contributed by atoms with Crippen LogP contribution in [0.4, 0.5) is 5.69 Å². The van der Waals surface area contributed by atoms with Gasteiger partial charge in [0, 0.05) is 26.2 Å². The molecule has 1 aliphatic heterocycles.